The van der Waals surface area contributed by atoms with Gasteiger partial charge >= 0.3 is 11.8 Å². The van der Waals surface area contributed by atoms with Gasteiger partial charge in [-0.2, -0.15) is 4.31 Å². The third-order valence-electron chi connectivity index (χ3n) is 4.70. The van der Waals surface area contributed by atoms with Crippen LogP contribution >= 0.6 is 0 Å². The Bertz CT molecular complexity index is 975. The van der Waals surface area contributed by atoms with Crippen molar-refractivity contribution in [1.29, 1.82) is 0 Å². The number of hydrogen-bond acceptors (Lipinski definition) is 7. The smallest absolute Gasteiger partial charge is 0.309 e. The van der Waals surface area contributed by atoms with Crippen LogP contribution in [0.15, 0.2) is 52.0 Å². The van der Waals surface area contributed by atoms with Gasteiger partial charge in [0, 0.05) is 19.5 Å². The average Bonchev–Trinajstić information content (AvgIpc) is 3.31. The lowest BCUT2D eigenvalue weighted by atomic mass is 10.3. The number of benzene rings is 1. The highest BCUT2D eigenvalue weighted by atomic mass is 32.2. The molecule has 2 N–H and O–H groups in total. The Morgan fingerprint density at radius 3 is 2.58 bits per heavy atom. The van der Waals surface area contributed by atoms with Crippen LogP contribution in [-0.2, 0) is 30.8 Å². The molecule has 2 amide bonds. The summed E-state index contributed by atoms with van der Waals surface area (Å²) >= 11 is 0. The molecule has 0 aliphatic carbocycles. The number of carbonyl (C=O) groups is 2. The van der Waals surface area contributed by atoms with Gasteiger partial charge in [-0.1, -0.05) is 0 Å². The molecule has 10 nitrogen and oxygen atoms in total. The predicted octanol–water partition coefficient (Wildman–Crippen LogP) is 0.500. The quantitative estimate of drug-likeness (QED) is 0.560. The van der Waals surface area contributed by atoms with Crippen molar-refractivity contribution in [1.82, 2.24) is 14.9 Å². The molecule has 1 saturated heterocycles. The molecule has 2 heterocycles. The van der Waals surface area contributed by atoms with E-state index in [1.165, 1.54) is 29.8 Å². The summed E-state index contributed by atoms with van der Waals surface area (Å²) < 4.78 is 43.0. The topological polar surface area (TPSA) is 127 Å². The molecule has 1 aromatic heterocycles. The van der Waals surface area contributed by atoms with Crippen molar-refractivity contribution in [2.45, 2.75) is 24.0 Å². The van der Waals surface area contributed by atoms with Gasteiger partial charge in [-0.05, 0) is 42.8 Å². The first kappa shape index (κ1) is 22.8. The van der Waals surface area contributed by atoms with Gasteiger partial charge in [0.15, 0.2) is 0 Å². The Morgan fingerprint density at radius 2 is 1.90 bits per heavy atom. The van der Waals surface area contributed by atoms with Gasteiger partial charge < -0.3 is 24.5 Å². The monoisotopic (exact) mass is 451 g/mol. The number of nitrogens with one attached hydrogen (secondary N) is 2. The number of rotatable bonds is 8. The number of furan rings is 1. The number of amides is 2. The summed E-state index contributed by atoms with van der Waals surface area (Å²) in [6, 6.07) is 9.52. The van der Waals surface area contributed by atoms with Crippen molar-refractivity contribution in [2.24, 2.45) is 0 Å². The Balaban J connectivity index is 1.56. The van der Waals surface area contributed by atoms with Crippen LogP contribution in [0, 0.1) is 0 Å². The van der Waals surface area contributed by atoms with Crippen LogP contribution in [0.5, 0.6) is 5.75 Å². The van der Waals surface area contributed by atoms with E-state index in [1.807, 2.05) is 0 Å². The van der Waals surface area contributed by atoms with Crippen LogP contribution in [0.4, 0.5) is 0 Å². The van der Waals surface area contributed by atoms with Gasteiger partial charge in [0.05, 0.1) is 31.4 Å². The first-order valence-corrected chi connectivity index (χ1v) is 11.2. The highest BCUT2D eigenvalue weighted by molar-refractivity contribution is 7.89. The van der Waals surface area contributed by atoms with Crippen LogP contribution in [0.1, 0.15) is 12.2 Å². The third kappa shape index (κ3) is 5.84. The van der Waals surface area contributed by atoms with E-state index in [9.17, 15) is 18.0 Å². The minimum absolute atomic E-state index is 0.0887. The standard InChI is InChI=1S/C20H25N3O7S/c1-28-15-5-7-17(8-6-15)31(26,27)23-11-3-13-30-18(23)14-22-20(25)19(24)21-10-9-16-4-2-12-29-16/h2,4-8,12,18H,3,9-11,13-14H2,1H3,(H,21,24)(H,22,25)/t18-/m0/s1. The highest BCUT2D eigenvalue weighted by Crippen LogP contribution is 2.23. The van der Waals surface area contributed by atoms with E-state index < -0.39 is 28.1 Å². The lowest BCUT2D eigenvalue weighted by Gasteiger charge is -2.34. The normalized spacial score (nSPS) is 17.1. The Labute approximate surface area is 180 Å². The fourth-order valence-corrected chi connectivity index (χ4v) is 4.65. The van der Waals surface area contributed by atoms with E-state index >= 15 is 0 Å². The van der Waals surface area contributed by atoms with Crippen LogP contribution < -0.4 is 15.4 Å². The minimum atomic E-state index is -3.85. The molecule has 0 spiro atoms. The second-order valence-electron chi connectivity index (χ2n) is 6.77. The third-order valence-corrected chi connectivity index (χ3v) is 6.60. The predicted molar refractivity (Wildman–Crippen MR) is 110 cm³/mol. The maximum Gasteiger partial charge on any atom is 0.309 e. The lowest BCUT2D eigenvalue weighted by molar-refractivity contribution is -0.140. The molecule has 1 atom stereocenters. The van der Waals surface area contributed by atoms with E-state index in [-0.39, 0.29) is 24.5 Å². The number of methoxy groups -OCH3 is 1. The van der Waals surface area contributed by atoms with E-state index in [0.29, 0.717) is 31.0 Å². The van der Waals surface area contributed by atoms with Gasteiger partial charge in [-0.15, -0.1) is 0 Å². The van der Waals surface area contributed by atoms with Crippen LogP contribution in [0.3, 0.4) is 0 Å². The molecular formula is C20H25N3O7S. The first-order valence-electron chi connectivity index (χ1n) is 9.77. The average molecular weight is 452 g/mol. The number of sulfonamides is 1. The molecule has 1 aliphatic heterocycles. The zero-order chi connectivity index (χ0) is 22.3. The largest absolute Gasteiger partial charge is 0.497 e. The number of hydrogen-bond donors (Lipinski definition) is 2. The van der Waals surface area contributed by atoms with E-state index in [4.69, 9.17) is 13.9 Å². The maximum absolute atomic E-state index is 13.0. The van der Waals surface area contributed by atoms with Gasteiger partial charge in [0.25, 0.3) is 0 Å². The Hall–Kier alpha value is -2.89. The summed E-state index contributed by atoms with van der Waals surface area (Å²) in [5.41, 5.74) is 0. The number of carbonyl (C=O) groups excluding carboxylic acids is 2. The molecule has 1 aliphatic rings. The molecule has 1 aromatic carbocycles. The van der Waals surface area contributed by atoms with Gasteiger partial charge in [0.1, 0.15) is 17.7 Å². The Kier molecular flexibility index (Phi) is 7.66. The van der Waals surface area contributed by atoms with Crippen molar-refractivity contribution < 1.29 is 31.9 Å². The fraction of sp³-hybridized carbons (Fsp3) is 0.400. The zero-order valence-corrected chi connectivity index (χ0v) is 17.9. The van der Waals surface area contributed by atoms with E-state index in [2.05, 4.69) is 10.6 Å². The molecule has 0 radical (unpaired) electrons. The molecular weight excluding hydrogens is 426 g/mol. The summed E-state index contributed by atoms with van der Waals surface area (Å²) in [5, 5.41) is 4.93. The second kappa shape index (κ2) is 10.4. The maximum atomic E-state index is 13.0. The van der Waals surface area contributed by atoms with Gasteiger partial charge in [0.2, 0.25) is 10.0 Å². The summed E-state index contributed by atoms with van der Waals surface area (Å²) in [6.45, 7) is 0.673. The van der Waals surface area contributed by atoms with E-state index in [0.717, 1.165) is 0 Å². The molecule has 11 heteroatoms. The van der Waals surface area contributed by atoms with Gasteiger partial charge in [-0.3, -0.25) is 9.59 Å². The fourth-order valence-electron chi connectivity index (χ4n) is 3.08. The summed E-state index contributed by atoms with van der Waals surface area (Å²) in [4.78, 5) is 24.1. The Morgan fingerprint density at radius 1 is 1.16 bits per heavy atom. The molecule has 3 rings (SSSR count). The summed E-state index contributed by atoms with van der Waals surface area (Å²) in [6.07, 6.45) is 1.58. The molecule has 2 aromatic rings. The van der Waals surface area contributed by atoms with Crippen molar-refractivity contribution in [3.63, 3.8) is 0 Å². The highest BCUT2D eigenvalue weighted by Gasteiger charge is 2.35. The number of nitrogens with zero attached hydrogens (tertiary/aromatic N) is 1. The number of ether oxygens (including phenoxy) is 2. The van der Waals surface area contributed by atoms with Crippen LogP contribution in [0.2, 0.25) is 0 Å². The van der Waals surface area contributed by atoms with Crippen molar-refractivity contribution in [3.05, 3.63) is 48.4 Å². The van der Waals surface area contributed by atoms with Gasteiger partial charge in [-0.25, -0.2) is 8.42 Å². The van der Waals surface area contributed by atoms with Crippen LogP contribution in [0.25, 0.3) is 0 Å². The molecule has 0 saturated carbocycles. The van der Waals surface area contributed by atoms with Crippen molar-refractivity contribution in [3.8, 4) is 5.75 Å². The van der Waals surface area contributed by atoms with E-state index in [1.54, 1.807) is 24.3 Å². The lowest BCUT2D eigenvalue weighted by Crippen LogP contribution is -2.53. The molecule has 0 unspecified atom stereocenters. The van der Waals surface area contributed by atoms with Crippen molar-refractivity contribution in [2.75, 3.05) is 33.4 Å². The second-order valence-corrected chi connectivity index (χ2v) is 8.66. The first-order chi connectivity index (χ1) is 14.9. The van der Waals surface area contributed by atoms with Crippen LogP contribution in [-0.4, -0.2) is 64.1 Å². The summed E-state index contributed by atoms with van der Waals surface area (Å²) in [5.74, 6) is -0.450. The SMILES string of the molecule is COc1ccc(S(=O)(=O)N2CCCO[C@H]2CNC(=O)C(=O)NCCc2ccco2)cc1. The zero-order valence-electron chi connectivity index (χ0n) is 17.1. The van der Waals surface area contributed by atoms with Crippen molar-refractivity contribution >= 4 is 21.8 Å². The molecule has 1 fully saturated rings. The molecule has 168 valence electrons. The molecule has 31 heavy (non-hydrogen) atoms. The molecule has 0 bridgehead atoms. The minimum Gasteiger partial charge on any atom is -0.497 e. The summed E-state index contributed by atoms with van der Waals surface area (Å²) in [7, 11) is -2.36.